The van der Waals surface area contributed by atoms with Crippen LogP contribution in [0, 0.1) is 0 Å². The molecular formula is C16H23N3O. The molecule has 1 aliphatic heterocycles. The van der Waals surface area contributed by atoms with Gasteiger partial charge in [-0.2, -0.15) is 0 Å². The van der Waals surface area contributed by atoms with E-state index in [1.165, 1.54) is 5.56 Å². The van der Waals surface area contributed by atoms with E-state index in [1.807, 2.05) is 28.0 Å². The maximum absolute atomic E-state index is 12.5. The van der Waals surface area contributed by atoms with E-state index in [0.29, 0.717) is 0 Å². The van der Waals surface area contributed by atoms with Crippen LogP contribution in [0.1, 0.15) is 32.3 Å². The Labute approximate surface area is 120 Å². The average Bonchev–Trinajstić information content (AvgIpc) is 2.99. The van der Waals surface area contributed by atoms with Crippen molar-refractivity contribution in [1.29, 1.82) is 0 Å². The van der Waals surface area contributed by atoms with Gasteiger partial charge < -0.3 is 10.6 Å². The minimum Gasteiger partial charge on any atom is -0.325 e. The van der Waals surface area contributed by atoms with Gasteiger partial charge in [0, 0.05) is 30.4 Å². The molecule has 20 heavy (non-hydrogen) atoms. The van der Waals surface area contributed by atoms with Crippen molar-refractivity contribution in [2.45, 2.75) is 44.7 Å². The number of urea groups is 1. The van der Waals surface area contributed by atoms with Gasteiger partial charge in [0.2, 0.25) is 0 Å². The molecular weight excluding hydrogens is 250 g/mol. The molecule has 0 radical (unpaired) electrons. The highest BCUT2D eigenvalue weighted by molar-refractivity contribution is 5.95. The topological polar surface area (TPSA) is 49.6 Å². The third-order valence-electron chi connectivity index (χ3n) is 4.38. The van der Waals surface area contributed by atoms with Crippen molar-refractivity contribution in [2.24, 2.45) is 5.73 Å². The van der Waals surface area contributed by atoms with Gasteiger partial charge in [-0.05, 0) is 44.7 Å². The molecule has 4 heteroatoms. The molecule has 1 aromatic rings. The van der Waals surface area contributed by atoms with Gasteiger partial charge in [-0.1, -0.05) is 18.2 Å². The van der Waals surface area contributed by atoms with Crippen LogP contribution in [-0.4, -0.2) is 35.6 Å². The fourth-order valence-corrected chi connectivity index (χ4v) is 2.90. The second-order valence-corrected chi connectivity index (χ2v) is 6.39. The first kappa shape index (κ1) is 13.4. The van der Waals surface area contributed by atoms with Crippen LogP contribution in [0.3, 0.4) is 0 Å². The second-order valence-electron chi connectivity index (χ2n) is 6.39. The maximum Gasteiger partial charge on any atom is 0.324 e. The van der Waals surface area contributed by atoms with Crippen molar-refractivity contribution in [3.05, 3.63) is 29.8 Å². The molecule has 0 bridgehead atoms. The summed E-state index contributed by atoms with van der Waals surface area (Å²) in [4.78, 5) is 16.3. The van der Waals surface area contributed by atoms with E-state index in [9.17, 15) is 4.79 Å². The number of anilines is 1. The number of rotatable bonds is 4. The standard InChI is InChI=1S/C16H23N3O/c1-12(2)18-9-10-19(15(18)20)14-6-4-3-5-13(14)11-16(17)7-8-16/h3-6,12H,7-11,17H2,1-2H3. The number of carbonyl (C=O) groups is 1. The Hall–Kier alpha value is -1.55. The van der Waals surface area contributed by atoms with Gasteiger partial charge in [0.15, 0.2) is 0 Å². The molecule has 2 amide bonds. The number of nitrogens with two attached hydrogens (primary N) is 1. The van der Waals surface area contributed by atoms with Gasteiger partial charge in [0.25, 0.3) is 0 Å². The zero-order chi connectivity index (χ0) is 14.3. The number of benzene rings is 1. The number of hydrogen-bond acceptors (Lipinski definition) is 2. The predicted molar refractivity (Wildman–Crippen MR) is 80.9 cm³/mol. The lowest BCUT2D eigenvalue weighted by molar-refractivity contribution is 0.209. The monoisotopic (exact) mass is 273 g/mol. The number of hydrogen-bond donors (Lipinski definition) is 1. The van der Waals surface area contributed by atoms with E-state index in [4.69, 9.17) is 5.73 Å². The Morgan fingerprint density at radius 2 is 1.95 bits per heavy atom. The minimum atomic E-state index is -0.0311. The van der Waals surface area contributed by atoms with Crippen LogP contribution in [0.2, 0.25) is 0 Å². The fourth-order valence-electron chi connectivity index (χ4n) is 2.90. The fraction of sp³-hybridized carbons (Fsp3) is 0.562. The van der Waals surface area contributed by atoms with Gasteiger partial charge in [-0.15, -0.1) is 0 Å². The predicted octanol–water partition coefficient (Wildman–Crippen LogP) is 2.37. The molecule has 2 aliphatic rings. The van der Waals surface area contributed by atoms with Crippen molar-refractivity contribution in [3.63, 3.8) is 0 Å². The van der Waals surface area contributed by atoms with Gasteiger partial charge in [-0.25, -0.2) is 4.79 Å². The van der Waals surface area contributed by atoms with Crippen molar-refractivity contribution in [1.82, 2.24) is 4.90 Å². The number of para-hydroxylation sites is 1. The van der Waals surface area contributed by atoms with Crippen LogP contribution < -0.4 is 10.6 Å². The first-order valence-corrected chi connectivity index (χ1v) is 7.45. The first-order valence-electron chi connectivity index (χ1n) is 7.45. The molecule has 0 spiro atoms. The van der Waals surface area contributed by atoms with Crippen LogP contribution >= 0.6 is 0 Å². The molecule has 4 nitrogen and oxygen atoms in total. The largest absolute Gasteiger partial charge is 0.325 e. The van der Waals surface area contributed by atoms with E-state index in [1.54, 1.807) is 0 Å². The molecule has 1 saturated heterocycles. The Morgan fingerprint density at radius 1 is 1.25 bits per heavy atom. The molecule has 2 fully saturated rings. The molecule has 1 saturated carbocycles. The highest BCUT2D eigenvalue weighted by Gasteiger charge is 2.39. The summed E-state index contributed by atoms with van der Waals surface area (Å²) in [5.74, 6) is 0. The molecule has 3 rings (SSSR count). The summed E-state index contributed by atoms with van der Waals surface area (Å²) in [7, 11) is 0. The van der Waals surface area contributed by atoms with E-state index >= 15 is 0 Å². The summed E-state index contributed by atoms with van der Waals surface area (Å²) in [6.07, 6.45) is 3.05. The Kier molecular flexibility index (Phi) is 3.21. The van der Waals surface area contributed by atoms with E-state index < -0.39 is 0 Å². The normalized spacial score (nSPS) is 20.9. The highest BCUT2D eigenvalue weighted by atomic mass is 16.2. The summed E-state index contributed by atoms with van der Waals surface area (Å²) in [5, 5.41) is 0. The lowest BCUT2D eigenvalue weighted by Gasteiger charge is -2.24. The molecule has 0 aromatic heterocycles. The smallest absolute Gasteiger partial charge is 0.324 e. The quantitative estimate of drug-likeness (QED) is 0.915. The van der Waals surface area contributed by atoms with Gasteiger partial charge in [-0.3, -0.25) is 4.90 Å². The Bertz CT molecular complexity index is 522. The molecule has 1 aromatic carbocycles. The van der Waals surface area contributed by atoms with Crippen molar-refractivity contribution < 1.29 is 4.79 Å². The minimum absolute atomic E-state index is 0.0311. The summed E-state index contributed by atoms with van der Waals surface area (Å²) in [5.41, 5.74) is 8.45. The van der Waals surface area contributed by atoms with E-state index in [-0.39, 0.29) is 17.6 Å². The summed E-state index contributed by atoms with van der Waals surface area (Å²) < 4.78 is 0. The van der Waals surface area contributed by atoms with Crippen LogP contribution in [-0.2, 0) is 6.42 Å². The van der Waals surface area contributed by atoms with E-state index in [0.717, 1.165) is 38.0 Å². The van der Waals surface area contributed by atoms with Crippen LogP contribution in [0.4, 0.5) is 10.5 Å². The molecule has 0 atom stereocenters. The number of nitrogens with zero attached hydrogens (tertiary/aromatic N) is 2. The second kappa shape index (κ2) is 4.77. The van der Waals surface area contributed by atoms with Gasteiger partial charge in [0.05, 0.1) is 0 Å². The zero-order valence-electron chi connectivity index (χ0n) is 12.3. The molecule has 1 heterocycles. The molecule has 2 N–H and O–H groups in total. The van der Waals surface area contributed by atoms with Gasteiger partial charge in [0.1, 0.15) is 0 Å². The van der Waals surface area contributed by atoms with Crippen molar-refractivity contribution in [2.75, 3.05) is 18.0 Å². The lowest BCUT2D eigenvalue weighted by atomic mass is 10.0. The van der Waals surface area contributed by atoms with Crippen LogP contribution in [0.5, 0.6) is 0 Å². The number of amides is 2. The average molecular weight is 273 g/mol. The molecule has 0 unspecified atom stereocenters. The summed E-state index contributed by atoms with van der Waals surface area (Å²) in [6, 6.07) is 8.56. The van der Waals surface area contributed by atoms with E-state index in [2.05, 4.69) is 19.9 Å². The summed E-state index contributed by atoms with van der Waals surface area (Å²) in [6.45, 7) is 5.70. The highest BCUT2D eigenvalue weighted by Crippen LogP contribution is 2.38. The van der Waals surface area contributed by atoms with Crippen molar-refractivity contribution >= 4 is 11.7 Å². The Morgan fingerprint density at radius 3 is 2.55 bits per heavy atom. The first-order chi connectivity index (χ1) is 9.50. The van der Waals surface area contributed by atoms with Gasteiger partial charge >= 0.3 is 6.03 Å². The zero-order valence-corrected chi connectivity index (χ0v) is 12.3. The SMILES string of the molecule is CC(C)N1CCN(c2ccccc2CC2(N)CC2)C1=O. The maximum atomic E-state index is 12.5. The summed E-state index contributed by atoms with van der Waals surface area (Å²) >= 11 is 0. The lowest BCUT2D eigenvalue weighted by Crippen LogP contribution is -2.36. The third kappa shape index (κ3) is 2.40. The third-order valence-corrected chi connectivity index (χ3v) is 4.38. The van der Waals surface area contributed by atoms with Crippen LogP contribution in [0.15, 0.2) is 24.3 Å². The Balaban J connectivity index is 1.85. The number of carbonyl (C=O) groups excluding carboxylic acids is 1. The van der Waals surface area contributed by atoms with Crippen molar-refractivity contribution in [3.8, 4) is 0 Å². The molecule has 1 aliphatic carbocycles. The molecule has 108 valence electrons. The van der Waals surface area contributed by atoms with Crippen LogP contribution in [0.25, 0.3) is 0 Å².